The first kappa shape index (κ1) is 18.0. The van der Waals surface area contributed by atoms with Crippen LogP contribution in [0.2, 0.25) is 5.02 Å². The van der Waals surface area contributed by atoms with Gasteiger partial charge in [-0.1, -0.05) is 29.8 Å². The zero-order valence-corrected chi connectivity index (χ0v) is 14.3. The largest absolute Gasteiger partial charge is 0.465 e. The van der Waals surface area contributed by atoms with Gasteiger partial charge in [0.2, 0.25) is 0 Å². The number of hydrogen-bond acceptors (Lipinski definition) is 3. The van der Waals surface area contributed by atoms with Crippen LogP contribution in [0.1, 0.15) is 28.9 Å². The normalized spacial score (nSPS) is 11.6. The summed E-state index contributed by atoms with van der Waals surface area (Å²) in [4.78, 5) is 23.4. The monoisotopic (exact) mass is 347 g/mol. The lowest BCUT2D eigenvalue weighted by Crippen LogP contribution is -2.86. The Morgan fingerprint density at radius 3 is 2.46 bits per heavy atom. The van der Waals surface area contributed by atoms with Crippen LogP contribution in [0.25, 0.3) is 0 Å². The molecule has 2 aromatic rings. The predicted octanol–water partition coefficient (Wildman–Crippen LogP) is 2.39. The van der Waals surface area contributed by atoms with Crippen molar-refractivity contribution in [1.29, 1.82) is 0 Å². The van der Waals surface area contributed by atoms with Crippen molar-refractivity contribution < 1.29 is 19.6 Å². The number of nitrogens with two attached hydrogens (primary N) is 1. The summed E-state index contributed by atoms with van der Waals surface area (Å²) < 4.78 is 4.63. The van der Waals surface area contributed by atoms with Crippen LogP contribution >= 0.6 is 11.6 Å². The molecule has 1 amide bonds. The molecule has 3 N–H and O–H groups in total. The van der Waals surface area contributed by atoms with Gasteiger partial charge >= 0.3 is 5.97 Å². The Bertz CT molecular complexity index is 716. The van der Waals surface area contributed by atoms with Crippen LogP contribution in [0, 0.1) is 0 Å². The number of carbonyl (C=O) groups is 2. The second-order valence-electron chi connectivity index (χ2n) is 5.37. The lowest BCUT2D eigenvalue weighted by Gasteiger charge is -2.12. The van der Waals surface area contributed by atoms with E-state index in [1.165, 1.54) is 7.11 Å². The number of hydrogen-bond donors (Lipinski definition) is 2. The van der Waals surface area contributed by atoms with Crippen molar-refractivity contribution in [2.24, 2.45) is 0 Å². The molecule has 126 valence electrons. The third-order valence-corrected chi connectivity index (χ3v) is 3.99. The van der Waals surface area contributed by atoms with Crippen molar-refractivity contribution in [1.82, 2.24) is 0 Å². The lowest BCUT2D eigenvalue weighted by atomic mass is 10.1. The topological polar surface area (TPSA) is 72.0 Å². The molecule has 0 aliphatic carbocycles. The van der Waals surface area contributed by atoms with Crippen molar-refractivity contribution in [3.05, 3.63) is 64.7 Å². The van der Waals surface area contributed by atoms with Gasteiger partial charge in [-0.25, -0.2) is 4.79 Å². The van der Waals surface area contributed by atoms with Crippen LogP contribution in [-0.4, -0.2) is 25.5 Å². The predicted molar refractivity (Wildman–Crippen MR) is 93.1 cm³/mol. The van der Waals surface area contributed by atoms with Crippen molar-refractivity contribution >= 4 is 29.2 Å². The fourth-order valence-electron chi connectivity index (χ4n) is 2.27. The van der Waals surface area contributed by atoms with Crippen LogP contribution in [0.15, 0.2) is 48.5 Å². The molecule has 24 heavy (non-hydrogen) atoms. The van der Waals surface area contributed by atoms with Gasteiger partial charge in [0.1, 0.15) is 6.04 Å². The molecule has 0 aliphatic heterocycles. The molecule has 5 nitrogen and oxygen atoms in total. The fourth-order valence-corrected chi connectivity index (χ4v) is 2.58. The standard InChI is InChI=1S/C18H19ClN2O3/c1-12(15-5-3-4-6-16(15)19)20-11-17(22)21-14-9-7-13(8-10-14)18(23)24-2/h3-10,12,20H,11H2,1-2H3,(H,21,22)/p+1/t12-/m0/s1. The summed E-state index contributed by atoms with van der Waals surface area (Å²) in [5.41, 5.74) is 2.07. The lowest BCUT2D eigenvalue weighted by molar-refractivity contribution is -0.682. The van der Waals surface area contributed by atoms with Crippen LogP contribution in [0.5, 0.6) is 0 Å². The molecule has 0 aromatic heterocycles. The first-order chi connectivity index (χ1) is 11.5. The molecule has 0 unspecified atom stereocenters. The molecule has 0 aliphatic rings. The third-order valence-electron chi connectivity index (χ3n) is 3.64. The van der Waals surface area contributed by atoms with Gasteiger partial charge in [0.05, 0.1) is 12.7 Å². The quantitative estimate of drug-likeness (QED) is 0.788. The van der Waals surface area contributed by atoms with E-state index in [2.05, 4.69) is 10.1 Å². The number of carbonyl (C=O) groups excluding carboxylic acids is 2. The zero-order chi connectivity index (χ0) is 17.5. The fraction of sp³-hybridized carbons (Fsp3) is 0.222. The minimum Gasteiger partial charge on any atom is -0.465 e. The molecule has 0 radical (unpaired) electrons. The van der Waals surface area contributed by atoms with E-state index in [1.807, 2.05) is 36.5 Å². The molecule has 0 fully saturated rings. The highest BCUT2D eigenvalue weighted by atomic mass is 35.5. The van der Waals surface area contributed by atoms with E-state index in [0.717, 1.165) is 5.56 Å². The summed E-state index contributed by atoms with van der Waals surface area (Å²) in [7, 11) is 1.33. The Hall–Kier alpha value is -2.37. The second kappa shape index (κ2) is 8.47. The van der Waals surface area contributed by atoms with Gasteiger partial charge in [0, 0.05) is 16.3 Å². The Morgan fingerprint density at radius 1 is 1.17 bits per heavy atom. The molecule has 0 saturated carbocycles. The SMILES string of the molecule is COC(=O)c1ccc(NC(=O)C[NH2+][C@@H](C)c2ccccc2Cl)cc1. The number of benzene rings is 2. The summed E-state index contributed by atoms with van der Waals surface area (Å²) in [5, 5.41) is 5.40. The molecule has 0 heterocycles. The molecular weight excluding hydrogens is 328 g/mol. The van der Waals surface area contributed by atoms with Gasteiger partial charge in [-0.2, -0.15) is 0 Å². The van der Waals surface area contributed by atoms with E-state index in [-0.39, 0.29) is 18.5 Å². The van der Waals surface area contributed by atoms with E-state index >= 15 is 0 Å². The van der Waals surface area contributed by atoms with Crippen LogP contribution in [0.3, 0.4) is 0 Å². The van der Waals surface area contributed by atoms with E-state index in [4.69, 9.17) is 11.6 Å². The maximum atomic E-state index is 12.0. The molecular formula is C18H20ClN2O3+. The van der Waals surface area contributed by atoms with Gasteiger partial charge in [0.15, 0.2) is 6.54 Å². The van der Waals surface area contributed by atoms with Gasteiger partial charge < -0.3 is 15.4 Å². The zero-order valence-electron chi connectivity index (χ0n) is 13.6. The van der Waals surface area contributed by atoms with Crippen LogP contribution < -0.4 is 10.6 Å². The van der Waals surface area contributed by atoms with Gasteiger partial charge in [-0.05, 0) is 37.3 Å². The molecule has 0 saturated heterocycles. The number of methoxy groups -OCH3 is 1. The summed E-state index contributed by atoms with van der Waals surface area (Å²) in [5.74, 6) is -0.533. The summed E-state index contributed by atoms with van der Waals surface area (Å²) in [6.45, 7) is 2.27. The number of quaternary nitrogens is 1. The Balaban J connectivity index is 1.87. The minimum atomic E-state index is -0.408. The van der Waals surface area contributed by atoms with Gasteiger partial charge in [0.25, 0.3) is 5.91 Å². The summed E-state index contributed by atoms with van der Waals surface area (Å²) >= 11 is 6.16. The van der Waals surface area contributed by atoms with Crippen molar-refractivity contribution in [2.75, 3.05) is 19.0 Å². The number of ether oxygens (including phenoxy) is 1. The minimum absolute atomic E-state index is 0.0751. The summed E-state index contributed by atoms with van der Waals surface area (Å²) in [6, 6.07) is 14.2. The number of halogens is 1. The van der Waals surface area contributed by atoms with Crippen LogP contribution in [-0.2, 0) is 9.53 Å². The molecule has 2 rings (SSSR count). The number of anilines is 1. The highest BCUT2D eigenvalue weighted by Gasteiger charge is 2.14. The van der Waals surface area contributed by atoms with Crippen molar-refractivity contribution in [3.63, 3.8) is 0 Å². The van der Waals surface area contributed by atoms with E-state index in [0.29, 0.717) is 16.3 Å². The molecule has 0 bridgehead atoms. The Kier molecular flexibility index (Phi) is 6.35. The van der Waals surface area contributed by atoms with E-state index in [9.17, 15) is 9.59 Å². The maximum Gasteiger partial charge on any atom is 0.337 e. The number of esters is 1. The first-order valence-corrected chi connectivity index (χ1v) is 7.95. The van der Waals surface area contributed by atoms with Crippen molar-refractivity contribution in [3.8, 4) is 0 Å². The summed E-state index contributed by atoms with van der Waals surface area (Å²) in [6.07, 6.45) is 0. The average molecular weight is 348 g/mol. The smallest absolute Gasteiger partial charge is 0.337 e. The van der Waals surface area contributed by atoms with Gasteiger partial charge in [-0.15, -0.1) is 0 Å². The molecule has 0 spiro atoms. The second-order valence-corrected chi connectivity index (χ2v) is 5.77. The van der Waals surface area contributed by atoms with Gasteiger partial charge in [-0.3, -0.25) is 4.79 Å². The highest BCUT2D eigenvalue weighted by molar-refractivity contribution is 6.31. The Labute approximate surface area is 146 Å². The molecule has 1 atom stereocenters. The van der Waals surface area contributed by atoms with E-state index in [1.54, 1.807) is 24.3 Å². The van der Waals surface area contributed by atoms with Crippen molar-refractivity contribution in [2.45, 2.75) is 13.0 Å². The third kappa shape index (κ3) is 4.81. The van der Waals surface area contributed by atoms with Crippen LogP contribution in [0.4, 0.5) is 5.69 Å². The highest BCUT2D eigenvalue weighted by Crippen LogP contribution is 2.19. The molecule has 6 heteroatoms. The average Bonchev–Trinajstić information content (AvgIpc) is 2.60. The first-order valence-electron chi connectivity index (χ1n) is 7.57. The number of amides is 1. The maximum absolute atomic E-state index is 12.0. The van der Waals surface area contributed by atoms with E-state index < -0.39 is 5.97 Å². The number of nitrogens with one attached hydrogen (secondary N) is 1. The number of rotatable bonds is 6. The molecule has 2 aromatic carbocycles. The Morgan fingerprint density at radius 2 is 1.83 bits per heavy atom.